The molecule has 2 heterocycles. The van der Waals surface area contributed by atoms with E-state index >= 15 is 0 Å². The molecule has 1 aromatic heterocycles. The lowest BCUT2D eigenvalue weighted by molar-refractivity contribution is 0.356. The first-order chi connectivity index (χ1) is 13.2. The molecule has 0 saturated carbocycles. The zero-order valence-corrected chi connectivity index (χ0v) is 16.1. The van der Waals surface area contributed by atoms with Gasteiger partial charge in [0.1, 0.15) is 0 Å². The van der Waals surface area contributed by atoms with Crippen molar-refractivity contribution in [3.8, 4) is 11.5 Å². The average Bonchev–Trinajstić information content (AvgIpc) is 2.72. The summed E-state index contributed by atoms with van der Waals surface area (Å²) in [6.45, 7) is 4.15. The zero-order valence-electron chi connectivity index (χ0n) is 16.1. The quantitative estimate of drug-likeness (QED) is 0.690. The average molecular weight is 363 g/mol. The number of piperidine rings is 1. The van der Waals surface area contributed by atoms with Gasteiger partial charge in [-0.25, -0.2) is 0 Å². The van der Waals surface area contributed by atoms with Gasteiger partial charge in [0.2, 0.25) is 0 Å². The monoisotopic (exact) mass is 363 g/mol. The van der Waals surface area contributed by atoms with Gasteiger partial charge in [-0.3, -0.25) is 0 Å². The fraction of sp³-hybridized carbons (Fsp3) is 0.364. The van der Waals surface area contributed by atoms with E-state index in [0.717, 1.165) is 42.5 Å². The molecule has 0 spiro atoms. The molecule has 140 valence electrons. The number of nitrogens with zero attached hydrogens (tertiary/aromatic N) is 3. The second kappa shape index (κ2) is 7.43. The van der Waals surface area contributed by atoms with Crippen LogP contribution in [0.25, 0.3) is 10.8 Å². The molecule has 27 heavy (non-hydrogen) atoms. The van der Waals surface area contributed by atoms with E-state index in [9.17, 15) is 0 Å². The molecule has 0 amide bonds. The van der Waals surface area contributed by atoms with Crippen LogP contribution in [0.5, 0.6) is 11.5 Å². The molecule has 0 unspecified atom stereocenters. The maximum atomic E-state index is 5.48. The number of anilines is 1. The number of hydrogen-bond donors (Lipinski definition) is 0. The summed E-state index contributed by atoms with van der Waals surface area (Å²) < 4.78 is 10.9. The summed E-state index contributed by atoms with van der Waals surface area (Å²) in [5, 5.41) is 10.7. The minimum absolute atomic E-state index is 0.611. The number of benzene rings is 2. The topological polar surface area (TPSA) is 47.5 Å². The summed E-state index contributed by atoms with van der Waals surface area (Å²) in [5.74, 6) is 2.97. The molecule has 0 bridgehead atoms. The van der Waals surface area contributed by atoms with Crippen LogP contribution >= 0.6 is 0 Å². The van der Waals surface area contributed by atoms with Crippen LogP contribution in [-0.4, -0.2) is 37.5 Å². The van der Waals surface area contributed by atoms with Crippen molar-refractivity contribution in [3.05, 3.63) is 53.7 Å². The molecule has 2 aromatic carbocycles. The Bertz CT molecular complexity index is 949. The number of rotatable bonds is 4. The molecule has 5 heteroatoms. The van der Waals surface area contributed by atoms with Gasteiger partial charge in [-0.15, -0.1) is 5.10 Å². The first-order valence-corrected chi connectivity index (χ1v) is 9.39. The Labute approximate surface area is 159 Å². The second-order valence-corrected chi connectivity index (χ2v) is 7.08. The molecule has 4 rings (SSSR count). The Balaban J connectivity index is 1.61. The predicted octanol–water partition coefficient (Wildman–Crippen LogP) is 4.34. The van der Waals surface area contributed by atoms with Gasteiger partial charge in [0.15, 0.2) is 17.3 Å². The molecule has 5 nitrogen and oxygen atoms in total. The molecule has 1 saturated heterocycles. The molecule has 0 atom stereocenters. The van der Waals surface area contributed by atoms with Crippen molar-refractivity contribution in [3.63, 3.8) is 0 Å². The van der Waals surface area contributed by atoms with Crippen LogP contribution in [0.15, 0.2) is 42.6 Å². The summed E-state index contributed by atoms with van der Waals surface area (Å²) in [7, 11) is 3.31. The van der Waals surface area contributed by atoms with Crippen molar-refractivity contribution in [2.45, 2.75) is 25.7 Å². The molecule has 0 aliphatic carbocycles. The third-order valence-corrected chi connectivity index (χ3v) is 5.57. The number of aromatic nitrogens is 2. The van der Waals surface area contributed by atoms with Gasteiger partial charge in [0.05, 0.1) is 20.4 Å². The Morgan fingerprint density at radius 1 is 1.00 bits per heavy atom. The van der Waals surface area contributed by atoms with Crippen molar-refractivity contribution < 1.29 is 9.47 Å². The van der Waals surface area contributed by atoms with Gasteiger partial charge in [-0.2, -0.15) is 5.10 Å². The second-order valence-electron chi connectivity index (χ2n) is 7.08. The van der Waals surface area contributed by atoms with Crippen molar-refractivity contribution in [2.24, 2.45) is 0 Å². The van der Waals surface area contributed by atoms with Crippen LogP contribution in [0.2, 0.25) is 0 Å². The number of fused-ring (bicyclic) bond motifs is 1. The van der Waals surface area contributed by atoms with E-state index < -0.39 is 0 Å². The van der Waals surface area contributed by atoms with Crippen LogP contribution in [0, 0.1) is 6.92 Å². The van der Waals surface area contributed by atoms with Crippen molar-refractivity contribution >= 4 is 16.6 Å². The summed E-state index contributed by atoms with van der Waals surface area (Å²) in [6.07, 6.45) is 4.02. The first kappa shape index (κ1) is 17.6. The highest BCUT2D eigenvalue weighted by molar-refractivity contribution is 5.94. The smallest absolute Gasteiger partial charge is 0.161 e. The summed E-state index contributed by atoms with van der Waals surface area (Å²) in [5.41, 5.74) is 2.87. The minimum atomic E-state index is 0.611. The van der Waals surface area contributed by atoms with Crippen LogP contribution in [0.1, 0.15) is 29.9 Å². The van der Waals surface area contributed by atoms with E-state index in [0.29, 0.717) is 17.4 Å². The summed E-state index contributed by atoms with van der Waals surface area (Å²) in [4.78, 5) is 2.34. The van der Waals surface area contributed by atoms with E-state index in [-0.39, 0.29) is 0 Å². The lowest BCUT2D eigenvalue weighted by Gasteiger charge is -2.33. The fourth-order valence-electron chi connectivity index (χ4n) is 4.08. The number of methoxy groups -OCH3 is 2. The molecule has 1 fully saturated rings. The van der Waals surface area contributed by atoms with Gasteiger partial charge in [0, 0.05) is 23.9 Å². The Hall–Kier alpha value is -2.82. The van der Waals surface area contributed by atoms with Crippen LogP contribution in [0.3, 0.4) is 0 Å². The number of aryl methyl sites for hydroxylation is 1. The third kappa shape index (κ3) is 3.29. The van der Waals surface area contributed by atoms with Gasteiger partial charge in [0.25, 0.3) is 0 Å². The summed E-state index contributed by atoms with van der Waals surface area (Å²) >= 11 is 0. The van der Waals surface area contributed by atoms with Crippen molar-refractivity contribution in [1.29, 1.82) is 0 Å². The van der Waals surface area contributed by atoms with Gasteiger partial charge >= 0.3 is 0 Å². The van der Waals surface area contributed by atoms with E-state index in [1.807, 2.05) is 12.1 Å². The molecular formula is C22H25N3O2. The third-order valence-electron chi connectivity index (χ3n) is 5.57. The van der Waals surface area contributed by atoms with E-state index in [2.05, 4.69) is 46.3 Å². The molecule has 1 aliphatic rings. The SMILES string of the molecule is COc1cc2cnnc(N3CCC(c4ccccc4C)CC3)c2cc1OC. The Morgan fingerprint density at radius 3 is 2.41 bits per heavy atom. The maximum Gasteiger partial charge on any atom is 0.161 e. The van der Waals surface area contributed by atoms with Gasteiger partial charge in [-0.05, 0) is 48.9 Å². The highest BCUT2D eigenvalue weighted by Gasteiger charge is 2.24. The van der Waals surface area contributed by atoms with Crippen LogP contribution in [-0.2, 0) is 0 Å². The van der Waals surface area contributed by atoms with Gasteiger partial charge in [-0.1, -0.05) is 24.3 Å². The number of ether oxygens (including phenoxy) is 2. The highest BCUT2D eigenvalue weighted by Crippen LogP contribution is 2.37. The summed E-state index contributed by atoms with van der Waals surface area (Å²) in [6, 6.07) is 12.7. The Kier molecular flexibility index (Phi) is 4.84. The van der Waals surface area contributed by atoms with Crippen LogP contribution < -0.4 is 14.4 Å². The Morgan fingerprint density at radius 2 is 1.70 bits per heavy atom. The fourth-order valence-corrected chi connectivity index (χ4v) is 4.08. The molecule has 3 aromatic rings. The van der Waals surface area contributed by atoms with Gasteiger partial charge < -0.3 is 14.4 Å². The predicted molar refractivity (Wildman–Crippen MR) is 108 cm³/mol. The van der Waals surface area contributed by atoms with E-state index in [4.69, 9.17) is 9.47 Å². The molecular weight excluding hydrogens is 338 g/mol. The zero-order chi connectivity index (χ0) is 18.8. The van der Waals surface area contributed by atoms with E-state index in [1.54, 1.807) is 20.4 Å². The van der Waals surface area contributed by atoms with Crippen molar-refractivity contribution in [2.75, 3.05) is 32.2 Å². The first-order valence-electron chi connectivity index (χ1n) is 9.39. The lowest BCUT2D eigenvalue weighted by atomic mass is 9.87. The molecule has 0 radical (unpaired) electrons. The van der Waals surface area contributed by atoms with Crippen LogP contribution in [0.4, 0.5) is 5.82 Å². The highest BCUT2D eigenvalue weighted by atomic mass is 16.5. The molecule has 0 N–H and O–H groups in total. The standard InChI is InChI=1S/C22H25N3O2/c1-15-6-4-5-7-18(15)16-8-10-25(11-9-16)22-19-13-21(27-3)20(26-2)12-17(19)14-23-24-22/h4-7,12-14,16H,8-11H2,1-3H3. The van der Waals surface area contributed by atoms with E-state index in [1.165, 1.54) is 11.1 Å². The minimum Gasteiger partial charge on any atom is -0.493 e. The lowest BCUT2D eigenvalue weighted by Crippen LogP contribution is -2.34. The van der Waals surface area contributed by atoms with Crippen molar-refractivity contribution in [1.82, 2.24) is 10.2 Å². The number of hydrogen-bond acceptors (Lipinski definition) is 5. The molecule has 1 aliphatic heterocycles. The normalized spacial score (nSPS) is 15.1. The maximum absolute atomic E-state index is 5.48. The largest absolute Gasteiger partial charge is 0.493 e.